The highest BCUT2D eigenvalue weighted by atomic mass is 35.5. The Kier molecular flexibility index (Phi) is 4.54. The summed E-state index contributed by atoms with van der Waals surface area (Å²) < 4.78 is 40.7. The zero-order valence-electron chi connectivity index (χ0n) is 9.21. The molecule has 0 atom stereocenters. The van der Waals surface area contributed by atoms with Crippen LogP contribution in [0.15, 0.2) is 23.1 Å². The second-order valence-corrected chi connectivity index (χ2v) is 9.93. The highest BCUT2D eigenvalue weighted by Crippen LogP contribution is 2.54. The molecule has 0 aromatic heterocycles. The largest absolute Gasteiger partial charge is 0.483 e. The summed E-state index contributed by atoms with van der Waals surface area (Å²) in [6, 6.07) is 4.77. The van der Waals surface area contributed by atoms with Gasteiger partial charge in [-0.1, -0.05) is 11.6 Å². The molecule has 0 amide bonds. The summed E-state index contributed by atoms with van der Waals surface area (Å²) in [4.78, 5) is 0.822. The Morgan fingerprint density at radius 3 is 2.41 bits per heavy atom. The monoisotopic (exact) mass is 304 g/mol. The fraction of sp³-hybridized carbons (Fsp3) is 0.400. The summed E-state index contributed by atoms with van der Waals surface area (Å²) in [5, 5.41) is 0.162. The Hall–Kier alpha value is -0.200. The van der Waals surface area contributed by atoms with Crippen molar-refractivity contribution in [2.45, 2.75) is 11.1 Å². The van der Waals surface area contributed by atoms with Gasteiger partial charge < -0.3 is 4.74 Å². The number of thiol groups is 1. The van der Waals surface area contributed by atoms with Crippen molar-refractivity contribution < 1.29 is 17.9 Å². The molecular formula is C10H12ClF3OS2. The van der Waals surface area contributed by atoms with E-state index in [0.29, 0.717) is 0 Å². The van der Waals surface area contributed by atoms with E-state index < -0.39 is 21.8 Å². The van der Waals surface area contributed by atoms with Crippen LogP contribution in [0.4, 0.5) is 13.2 Å². The molecule has 0 saturated carbocycles. The summed E-state index contributed by atoms with van der Waals surface area (Å²) in [6.07, 6.45) is -0.553. The topological polar surface area (TPSA) is 9.23 Å². The van der Waals surface area contributed by atoms with Crippen molar-refractivity contribution in [3.05, 3.63) is 23.2 Å². The average Bonchev–Trinajstić information content (AvgIpc) is 2.13. The summed E-state index contributed by atoms with van der Waals surface area (Å²) in [6.45, 7) is -1.35. The van der Waals surface area contributed by atoms with Crippen molar-refractivity contribution in [1.82, 2.24) is 0 Å². The lowest BCUT2D eigenvalue weighted by atomic mass is 10.3. The fourth-order valence-corrected chi connectivity index (χ4v) is 2.37. The summed E-state index contributed by atoms with van der Waals surface area (Å²) in [7, 11) is -1.32. The predicted octanol–water partition coefficient (Wildman–Crippen LogP) is 4.55. The SMILES string of the molecule is CS(C)(S)c1ccc(Cl)c(OCC(F)(F)F)c1. The van der Waals surface area contributed by atoms with E-state index in [1.54, 1.807) is 6.07 Å². The number of halogens is 4. The second-order valence-electron chi connectivity index (χ2n) is 3.77. The van der Waals surface area contributed by atoms with Crippen molar-refractivity contribution in [2.75, 3.05) is 19.1 Å². The maximum atomic E-state index is 12.0. The molecule has 0 heterocycles. The summed E-state index contributed by atoms with van der Waals surface area (Å²) >= 11 is 10.2. The molecule has 7 heteroatoms. The van der Waals surface area contributed by atoms with Gasteiger partial charge in [-0.05, 0) is 30.7 Å². The molecule has 0 saturated heterocycles. The van der Waals surface area contributed by atoms with Gasteiger partial charge in [0.05, 0.1) is 5.02 Å². The molecule has 0 aliphatic heterocycles. The van der Waals surface area contributed by atoms with Gasteiger partial charge in [-0.3, -0.25) is 0 Å². The summed E-state index contributed by atoms with van der Waals surface area (Å²) in [5.74, 6) is 0.0381. The summed E-state index contributed by atoms with van der Waals surface area (Å²) in [5.41, 5.74) is 0. The third-order valence-electron chi connectivity index (χ3n) is 1.87. The van der Waals surface area contributed by atoms with Gasteiger partial charge in [0.25, 0.3) is 0 Å². The van der Waals surface area contributed by atoms with Crippen LogP contribution in [0.25, 0.3) is 0 Å². The number of alkyl halides is 3. The van der Waals surface area contributed by atoms with E-state index in [0.717, 1.165) is 4.90 Å². The Labute approximate surface area is 109 Å². The third-order valence-corrected chi connectivity index (χ3v) is 4.22. The van der Waals surface area contributed by atoms with Crippen molar-refractivity contribution in [2.24, 2.45) is 0 Å². The molecule has 1 rings (SSSR count). The Morgan fingerprint density at radius 1 is 1.35 bits per heavy atom. The fourth-order valence-electron chi connectivity index (χ4n) is 1.06. The van der Waals surface area contributed by atoms with Crippen molar-refractivity contribution in [1.29, 1.82) is 0 Å². The quantitative estimate of drug-likeness (QED) is 0.637. The van der Waals surface area contributed by atoms with Gasteiger partial charge in [-0.15, -0.1) is 11.7 Å². The second kappa shape index (κ2) is 5.20. The van der Waals surface area contributed by atoms with E-state index in [1.165, 1.54) is 12.1 Å². The molecule has 1 aromatic carbocycles. The minimum absolute atomic E-state index is 0.0381. The number of hydrogen-bond donors (Lipinski definition) is 1. The Bertz CT molecular complexity index is 402. The van der Waals surface area contributed by atoms with Gasteiger partial charge in [0.2, 0.25) is 0 Å². The van der Waals surface area contributed by atoms with Gasteiger partial charge in [-0.2, -0.15) is 22.2 Å². The molecule has 0 aliphatic carbocycles. The Morgan fingerprint density at radius 2 is 1.94 bits per heavy atom. The average molecular weight is 305 g/mol. The first-order valence-electron chi connectivity index (χ1n) is 4.54. The van der Waals surface area contributed by atoms with Crippen LogP contribution in [-0.2, 0) is 0 Å². The molecule has 1 aromatic rings. The molecule has 1 nitrogen and oxygen atoms in total. The minimum Gasteiger partial charge on any atom is -0.483 e. The van der Waals surface area contributed by atoms with Crippen LogP contribution < -0.4 is 4.74 Å². The number of rotatable bonds is 3. The van der Waals surface area contributed by atoms with E-state index in [9.17, 15) is 13.2 Å². The first kappa shape index (κ1) is 14.9. The molecule has 0 radical (unpaired) electrons. The zero-order valence-corrected chi connectivity index (χ0v) is 11.7. The lowest BCUT2D eigenvalue weighted by molar-refractivity contribution is -0.153. The van der Waals surface area contributed by atoms with Crippen LogP contribution in [0.1, 0.15) is 0 Å². The maximum Gasteiger partial charge on any atom is 0.422 e. The van der Waals surface area contributed by atoms with Gasteiger partial charge >= 0.3 is 6.18 Å². The van der Waals surface area contributed by atoms with E-state index in [4.69, 9.17) is 11.6 Å². The standard InChI is InChI=1S/C10H12ClF3OS2/c1-17(2,16)7-3-4-8(11)9(5-7)15-6-10(12,13)14/h3-5,16H,6H2,1-2H3. The molecule has 0 fully saturated rings. The molecule has 0 N–H and O–H groups in total. The molecule has 0 bridgehead atoms. The predicted molar refractivity (Wildman–Crippen MR) is 69.7 cm³/mol. The van der Waals surface area contributed by atoms with E-state index in [-0.39, 0.29) is 10.8 Å². The van der Waals surface area contributed by atoms with Crippen molar-refractivity contribution >= 4 is 32.3 Å². The minimum atomic E-state index is -4.37. The lowest BCUT2D eigenvalue weighted by Crippen LogP contribution is -2.19. The van der Waals surface area contributed by atoms with Crippen LogP contribution in [0.5, 0.6) is 5.75 Å². The molecule has 98 valence electrons. The van der Waals surface area contributed by atoms with Crippen LogP contribution in [0.2, 0.25) is 5.02 Å². The van der Waals surface area contributed by atoms with Gasteiger partial charge in [0.15, 0.2) is 6.61 Å². The third kappa shape index (κ3) is 4.89. The number of benzene rings is 1. The first-order valence-corrected chi connectivity index (χ1v) is 8.42. The number of ether oxygens (including phenoxy) is 1. The van der Waals surface area contributed by atoms with Crippen molar-refractivity contribution in [3.63, 3.8) is 0 Å². The van der Waals surface area contributed by atoms with Crippen LogP contribution >= 0.6 is 32.3 Å². The van der Waals surface area contributed by atoms with E-state index >= 15 is 0 Å². The van der Waals surface area contributed by atoms with Gasteiger partial charge in [0, 0.05) is 4.90 Å². The maximum absolute atomic E-state index is 12.0. The Balaban J connectivity index is 2.92. The molecule has 17 heavy (non-hydrogen) atoms. The molecule has 0 spiro atoms. The van der Waals surface area contributed by atoms with Crippen LogP contribution in [0, 0.1) is 0 Å². The van der Waals surface area contributed by atoms with E-state index in [2.05, 4.69) is 16.4 Å². The van der Waals surface area contributed by atoms with E-state index in [1.807, 2.05) is 12.5 Å². The van der Waals surface area contributed by atoms with Crippen LogP contribution in [-0.4, -0.2) is 25.3 Å². The smallest absolute Gasteiger partial charge is 0.422 e. The zero-order chi connectivity index (χ0) is 13.3. The highest BCUT2D eigenvalue weighted by molar-refractivity contribution is 8.87. The highest BCUT2D eigenvalue weighted by Gasteiger charge is 2.29. The van der Waals surface area contributed by atoms with Gasteiger partial charge in [0.1, 0.15) is 5.75 Å². The van der Waals surface area contributed by atoms with Crippen molar-refractivity contribution in [3.8, 4) is 5.75 Å². The first-order chi connectivity index (χ1) is 7.59. The lowest BCUT2D eigenvalue weighted by Gasteiger charge is -2.25. The molecule has 0 aliphatic rings. The van der Waals surface area contributed by atoms with Crippen LogP contribution in [0.3, 0.4) is 0 Å². The van der Waals surface area contributed by atoms with Gasteiger partial charge in [-0.25, -0.2) is 0 Å². The number of hydrogen-bond acceptors (Lipinski definition) is 2. The normalized spacial score (nSPS) is 13.6. The molecular weight excluding hydrogens is 293 g/mol. The molecule has 0 unspecified atom stereocenters.